The molecule has 1 aromatic carbocycles. The number of carbonyl (C=O) groups is 1. The van der Waals surface area contributed by atoms with Crippen molar-refractivity contribution in [3.05, 3.63) is 30.3 Å². The Hall–Kier alpha value is -1.69. The molecule has 1 atom stereocenters. The fourth-order valence-electron chi connectivity index (χ4n) is 1.75. The lowest BCUT2D eigenvalue weighted by Gasteiger charge is -2.13. The maximum Gasteiger partial charge on any atom is 0.216 e. The molecule has 1 unspecified atom stereocenters. The SMILES string of the molecule is CCNC(=NCC(C)Sc1ccccc1)NCCNC(C)=O. The molecule has 0 aromatic heterocycles. The van der Waals surface area contributed by atoms with Gasteiger partial charge < -0.3 is 16.0 Å². The number of thioether (sulfide) groups is 1. The summed E-state index contributed by atoms with van der Waals surface area (Å²) in [6.07, 6.45) is 0. The van der Waals surface area contributed by atoms with Crippen molar-refractivity contribution in [2.75, 3.05) is 26.2 Å². The summed E-state index contributed by atoms with van der Waals surface area (Å²) in [4.78, 5) is 16.7. The normalized spacial score (nSPS) is 12.6. The number of carbonyl (C=O) groups excluding carboxylic acids is 1. The largest absolute Gasteiger partial charge is 0.357 e. The van der Waals surface area contributed by atoms with E-state index in [1.54, 1.807) is 0 Å². The topological polar surface area (TPSA) is 65.5 Å². The van der Waals surface area contributed by atoms with Crippen LogP contribution in [0, 0.1) is 0 Å². The zero-order valence-corrected chi connectivity index (χ0v) is 14.4. The van der Waals surface area contributed by atoms with Crippen molar-refractivity contribution in [3.63, 3.8) is 0 Å². The van der Waals surface area contributed by atoms with Gasteiger partial charge in [0, 0.05) is 36.7 Å². The molecule has 0 heterocycles. The molecule has 0 saturated heterocycles. The van der Waals surface area contributed by atoms with E-state index in [0.29, 0.717) is 18.3 Å². The Kier molecular flexibility index (Phi) is 9.14. The van der Waals surface area contributed by atoms with Gasteiger partial charge in [-0.2, -0.15) is 0 Å². The number of nitrogens with one attached hydrogen (secondary N) is 3. The maximum absolute atomic E-state index is 10.8. The predicted octanol–water partition coefficient (Wildman–Crippen LogP) is 1.86. The third-order valence-corrected chi connectivity index (χ3v) is 3.82. The van der Waals surface area contributed by atoms with Gasteiger partial charge in [0.25, 0.3) is 0 Å². The molecular weight excluding hydrogens is 296 g/mol. The van der Waals surface area contributed by atoms with E-state index in [2.05, 4.69) is 40.0 Å². The maximum atomic E-state index is 10.8. The minimum absolute atomic E-state index is 0.0170. The first-order valence-corrected chi connectivity index (χ1v) is 8.48. The highest BCUT2D eigenvalue weighted by Gasteiger charge is 2.04. The quantitative estimate of drug-likeness (QED) is 0.296. The van der Waals surface area contributed by atoms with Crippen LogP contribution in [0.4, 0.5) is 0 Å². The number of rotatable bonds is 8. The summed E-state index contributed by atoms with van der Waals surface area (Å²) in [5.74, 6) is 0.769. The van der Waals surface area contributed by atoms with E-state index >= 15 is 0 Å². The molecule has 0 spiro atoms. The molecule has 0 aliphatic heterocycles. The lowest BCUT2D eigenvalue weighted by Crippen LogP contribution is -2.41. The van der Waals surface area contributed by atoms with Crippen LogP contribution in [0.1, 0.15) is 20.8 Å². The Balaban J connectivity index is 2.38. The van der Waals surface area contributed by atoms with E-state index in [-0.39, 0.29) is 5.91 Å². The van der Waals surface area contributed by atoms with Gasteiger partial charge in [0.05, 0.1) is 6.54 Å². The highest BCUT2D eigenvalue weighted by atomic mass is 32.2. The van der Waals surface area contributed by atoms with Crippen LogP contribution in [-0.4, -0.2) is 43.3 Å². The van der Waals surface area contributed by atoms with E-state index in [1.165, 1.54) is 11.8 Å². The third-order valence-electron chi connectivity index (χ3n) is 2.72. The molecule has 122 valence electrons. The molecule has 0 fully saturated rings. The van der Waals surface area contributed by atoms with Crippen LogP contribution in [-0.2, 0) is 4.79 Å². The van der Waals surface area contributed by atoms with Gasteiger partial charge in [-0.15, -0.1) is 11.8 Å². The Morgan fingerprint density at radius 1 is 1.18 bits per heavy atom. The minimum Gasteiger partial charge on any atom is -0.357 e. The summed E-state index contributed by atoms with van der Waals surface area (Å²) in [6, 6.07) is 10.3. The van der Waals surface area contributed by atoms with Gasteiger partial charge in [0.15, 0.2) is 5.96 Å². The van der Waals surface area contributed by atoms with Crippen molar-refractivity contribution in [1.29, 1.82) is 0 Å². The zero-order chi connectivity index (χ0) is 16.2. The van der Waals surface area contributed by atoms with Crippen LogP contribution in [0.3, 0.4) is 0 Å². The molecule has 1 rings (SSSR count). The molecule has 0 aliphatic rings. The molecule has 0 aliphatic carbocycles. The Morgan fingerprint density at radius 3 is 2.50 bits per heavy atom. The van der Waals surface area contributed by atoms with Crippen molar-refractivity contribution < 1.29 is 4.79 Å². The molecular formula is C16H26N4OS. The second-order valence-electron chi connectivity index (χ2n) is 4.87. The predicted molar refractivity (Wildman–Crippen MR) is 94.4 cm³/mol. The van der Waals surface area contributed by atoms with Crippen LogP contribution in [0.25, 0.3) is 0 Å². The fourth-order valence-corrected chi connectivity index (χ4v) is 2.68. The lowest BCUT2D eigenvalue weighted by molar-refractivity contribution is -0.118. The molecule has 0 radical (unpaired) electrons. The molecule has 5 nitrogen and oxygen atoms in total. The number of benzene rings is 1. The van der Waals surface area contributed by atoms with Gasteiger partial charge in [-0.3, -0.25) is 9.79 Å². The first-order valence-electron chi connectivity index (χ1n) is 7.60. The van der Waals surface area contributed by atoms with E-state index in [1.807, 2.05) is 36.9 Å². The Labute approximate surface area is 137 Å². The van der Waals surface area contributed by atoms with Crippen molar-refractivity contribution in [3.8, 4) is 0 Å². The van der Waals surface area contributed by atoms with Gasteiger partial charge in [-0.25, -0.2) is 0 Å². The number of nitrogens with zero attached hydrogens (tertiary/aromatic N) is 1. The standard InChI is InChI=1S/C16H26N4OS/c1-4-17-16(19-11-10-18-14(3)21)20-12-13(2)22-15-8-6-5-7-9-15/h5-9,13H,4,10-12H2,1-3H3,(H,18,21)(H2,17,19,20). The van der Waals surface area contributed by atoms with Crippen LogP contribution in [0.5, 0.6) is 0 Å². The fraction of sp³-hybridized carbons (Fsp3) is 0.500. The summed E-state index contributed by atoms with van der Waals surface area (Å²) in [5, 5.41) is 9.57. The zero-order valence-electron chi connectivity index (χ0n) is 13.6. The van der Waals surface area contributed by atoms with Gasteiger partial charge >= 0.3 is 0 Å². The molecule has 0 bridgehead atoms. The monoisotopic (exact) mass is 322 g/mol. The minimum atomic E-state index is -0.0170. The Morgan fingerprint density at radius 2 is 1.86 bits per heavy atom. The second kappa shape index (κ2) is 11.0. The highest BCUT2D eigenvalue weighted by molar-refractivity contribution is 8.00. The number of amides is 1. The number of guanidine groups is 1. The van der Waals surface area contributed by atoms with Crippen LogP contribution in [0.15, 0.2) is 40.2 Å². The van der Waals surface area contributed by atoms with Crippen molar-refractivity contribution in [2.45, 2.75) is 30.9 Å². The van der Waals surface area contributed by atoms with Gasteiger partial charge in [-0.05, 0) is 19.1 Å². The summed E-state index contributed by atoms with van der Waals surface area (Å²) >= 11 is 1.82. The molecule has 6 heteroatoms. The van der Waals surface area contributed by atoms with Crippen molar-refractivity contribution >= 4 is 23.6 Å². The molecule has 3 N–H and O–H groups in total. The highest BCUT2D eigenvalue weighted by Crippen LogP contribution is 2.22. The molecule has 1 aromatic rings. The van der Waals surface area contributed by atoms with E-state index in [9.17, 15) is 4.79 Å². The first-order chi connectivity index (χ1) is 10.6. The number of aliphatic imine (C=N–C) groups is 1. The summed E-state index contributed by atoms with van der Waals surface area (Å²) < 4.78 is 0. The second-order valence-corrected chi connectivity index (χ2v) is 6.38. The summed E-state index contributed by atoms with van der Waals surface area (Å²) in [7, 11) is 0. The van der Waals surface area contributed by atoms with Crippen LogP contribution in [0.2, 0.25) is 0 Å². The van der Waals surface area contributed by atoms with Gasteiger partial charge in [-0.1, -0.05) is 25.1 Å². The first kappa shape index (κ1) is 18.4. The van der Waals surface area contributed by atoms with Crippen LogP contribution >= 0.6 is 11.8 Å². The molecule has 22 heavy (non-hydrogen) atoms. The number of hydrogen-bond acceptors (Lipinski definition) is 3. The average molecular weight is 322 g/mol. The third kappa shape index (κ3) is 8.56. The number of hydrogen-bond donors (Lipinski definition) is 3. The van der Waals surface area contributed by atoms with E-state index in [0.717, 1.165) is 19.0 Å². The van der Waals surface area contributed by atoms with Gasteiger partial charge in [0.1, 0.15) is 0 Å². The van der Waals surface area contributed by atoms with E-state index < -0.39 is 0 Å². The smallest absolute Gasteiger partial charge is 0.216 e. The average Bonchev–Trinajstić information content (AvgIpc) is 2.49. The molecule has 1 amide bonds. The molecule has 0 saturated carbocycles. The lowest BCUT2D eigenvalue weighted by atomic mass is 10.4. The van der Waals surface area contributed by atoms with Crippen molar-refractivity contribution in [1.82, 2.24) is 16.0 Å². The van der Waals surface area contributed by atoms with Gasteiger partial charge in [0.2, 0.25) is 5.91 Å². The van der Waals surface area contributed by atoms with E-state index in [4.69, 9.17) is 0 Å². The summed E-state index contributed by atoms with van der Waals surface area (Å²) in [5.41, 5.74) is 0. The van der Waals surface area contributed by atoms with Crippen molar-refractivity contribution in [2.24, 2.45) is 4.99 Å². The summed E-state index contributed by atoms with van der Waals surface area (Å²) in [6.45, 7) is 8.51. The van der Waals surface area contributed by atoms with Crippen LogP contribution < -0.4 is 16.0 Å². The Bertz CT molecular complexity index is 464.